The summed E-state index contributed by atoms with van der Waals surface area (Å²) in [6.45, 7) is 5.86. The zero-order valence-electron chi connectivity index (χ0n) is 13.7. The molecule has 0 bridgehead atoms. The Morgan fingerprint density at radius 1 is 1.27 bits per heavy atom. The van der Waals surface area contributed by atoms with Crippen molar-refractivity contribution in [1.82, 2.24) is 5.32 Å². The van der Waals surface area contributed by atoms with E-state index in [1.807, 2.05) is 0 Å². The van der Waals surface area contributed by atoms with Gasteiger partial charge in [-0.15, -0.1) is 0 Å². The summed E-state index contributed by atoms with van der Waals surface area (Å²) in [6.07, 6.45) is 5.03. The first-order valence-corrected chi connectivity index (χ1v) is 8.54. The van der Waals surface area contributed by atoms with Gasteiger partial charge in [-0.25, -0.2) is 0 Å². The molecule has 2 aliphatic rings. The van der Waals surface area contributed by atoms with Crippen LogP contribution in [0.4, 0.5) is 0 Å². The van der Waals surface area contributed by atoms with E-state index in [0.717, 1.165) is 45.3 Å². The van der Waals surface area contributed by atoms with Crippen LogP contribution in [0.1, 0.15) is 44.2 Å². The first-order chi connectivity index (χ1) is 10.6. The lowest BCUT2D eigenvalue weighted by atomic mass is 9.78. The first-order valence-electron chi connectivity index (χ1n) is 8.54. The summed E-state index contributed by atoms with van der Waals surface area (Å²) in [4.78, 5) is 12.7. The number of carbonyl (C=O) groups is 1. The number of aryl methyl sites for hydroxylation is 1. The quantitative estimate of drug-likeness (QED) is 0.931. The molecule has 3 rings (SSSR count). The number of nitrogens with one attached hydrogen (secondary N) is 1. The lowest BCUT2D eigenvalue weighted by Gasteiger charge is -2.38. The van der Waals surface area contributed by atoms with Crippen LogP contribution >= 0.6 is 0 Å². The van der Waals surface area contributed by atoms with E-state index in [-0.39, 0.29) is 17.4 Å². The Kier molecular flexibility index (Phi) is 4.53. The molecule has 1 amide bonds. The number of benzene rings is 1. The third kappa shape index (κ3) is 3.35. The average molecular weight is 301 g/mol. The molecule has 1 saturated heterocycles. The fourth-order valence-electron chi connectivity index (χ4n) is 3.84. The number of carbonyl (C=O) groups excluding carboxylic acids is 1. The fourth-order valence-corrected chi connectivity index (χ4v) is 3.84. The van der Waals surface area contributed by atoms with Gasteiger partial charge in [-0.05, 0) is 56.1 Å². The molecule has 1 aliphatic heterocycles. The highest BCUT2D eigenvalue weighted by Crippen LogP contribution is 2.30. The molecule has 1 fully saturated rings. The summed E-state index contributed by atoms with van der Waals surface area (Å²) in [5, 5.41) is 3.35. The van der Waals surface area contributed by atoms with Gasteiger partial charge >= 0.3 is 0 Å². The second-order valence-electron chi connectivity index (χ2n) is 7.23. The molecule has 1 aliphatic carbocycles. The highest BCUT2D eigenvalue weighted by molar-refractivity contribution is 5.79. The van der Waals surface area contributed by atoms with Crippen LogP contribution in [0.3, 0.4) is 0 Å². The Labute approximate surface area is 133 Å². The van der Waals surface area contributed by atoms with E-state index in [1.165, 1.54) is 11.1 Å². The van der Waals surface area contributed by atoms with Crippen LogP contribution in [0.15, 0.2) is 24.3 Å². The molecular formula is C19H27NO2. The van der Waals surface area contributed by atoms with E-state index < -0.39 is 0 Å². The summed E-state index contributed by atoms with van der Waals surface area (Å²) in [5.41, 5.74) is 2.71. The lowest BCUT2D eigenvalue weighted by molar-refractivity contribution is -0.129. The van der Waals surface area contributed by atoms with Gasteiger partial charge in [0.15, 0.2) is 0 Å². The van der Waals surface area contributed by atoms with Crippen LogP contribution in [0.2, 0.25) is 0 Å². The second kappa shape index (κ2) is 6.41. The standard InChI is InChI=1S/C19H27NO2/c1-14(15-8-11-22-12-9-15)18(21)20-19(2)10-7-16-5-3-4-6-17(16)13-19/h3-6,14-15H,7-13H2,1-2H3,(H,20,21)/t14-,19-/m1/s1. The molecule has 0 spiro atoms. The molecule has 1 aromatic carbocycles. The van der Waals surface area contributed by atoms with Gasteiger partial charge in [-0.3, -0.25) is 4.79 Å². The fraction of sp³-hybridized carbons (Fsp3) is 0.632. The minimum absolute atomic E-state index is 0.0814. The molecule has 1 N–H and O–H groups in total. The van der Waals surface area contributed by atoms with Crippen LogP contribution < -0.4 is 5.32 Å². The summed E-state index contributed by atoms with van der Waals surface area (Å²) in [7, 11) is 0. The molecule has 0 aromatic heterocycles. The predicted octanol–water partition coefficient (Wildman–Crippen LogP) is 3.11. The van der Waals surface area contributed by atoms with Crippen molar-refractivity contribution in [2.75, 3.05) is 13.2 Å². The van der Waals surface area contributed by atoms with Crippen molar-refractivity contribution in [3.8, 4) is 0 Å². The monoisotopic (exact) mass is 301 g/mol. The van der Waals surface area contributed by atoms with Crippen LogP contribution in [0, 0.1) is 11.8 Å². The van der Waals surface area contributed by atoms with E-state index >= 15 is 0 Å². The van der Waals surface area contributed by atoms with Crippen LogP contribution in [0.5, 0.6) is 0 Å². The van der Waals surface area contributed by atoms with Gasteiger partial charge in [0, 0.05) is 24.7 Å². The zero-order chi connectivity index (χ0) is 15.6. The highest BCUT2D eigenvalue weighted by atomic mass is 16.5. The normalized spacial score (nSPS) is 27.0. The summed E-state index contributed by atoms with van der Waals surface area (Å²) < 4.78 is 5.41. The zero-order valence-corrected chi connectivity index (χ0v) is 13.7. The van der Waals surface area contributed by atoms with Crippen molar-refractivity contribution in [1.29, 1.82) is 0 Å². The predicted molar refractivity (Wildman–Crippen MR) is 87.7 cm³/mol. The van der Waals surface area contributed by atoms with E-state index in [4.69, 9.17) is 4.74 Å². The van der Waals surface area contributed by atoms with Crippen LogP contribution in [-0.2, 0) is 22.4 Å². The molecule has 120 valence electrons. The summed E-state index contributed by atoms with van der Waals surface area (Å²) in [6, 6.07) is 8.60. The van der Waals surface area contributed by atoms with E-state index in [9.17, 15) is 4.79 Å². The second-order valence-corrected chi connectivity index (χ2v) is 7.23. The number of hydrogen-bond acceptors (Lipinski definition) is 2. The SMILES string of the molecule is C[C@@H](C(=O)N[C@]1(C)CCc2ccccc2C1)C1CCOCC1. The molecule has 1 heterocycles. The van der Waals surface area contributed by atoms with Gasteiger partial charge in [0.2, 0.25) is 5.91 Å². The van der Waals surface area contributed by atoms with E-state index in [1.54, 1.807) is 0 Å². The van der Waals surface area contributed by atoms with Crippen molar-refractivity contribution in [2.24, 2.45) is 11.8 Å². The maximum absolute atomic E-state index is 12.7. The van der Waals surface area contributed by atoms with Gasteiger partial charge in [0.25, 0.3) is 0 Å². The van der Waals surface area contributed by atoms with E-state index in [2.05, 4.69) is 43.4 Å². The minimum atomic E-state index is -0.106. The third-order valence-electron chi connectivity index (χ3n) is 5.46. The Balaban J connectivity index is 1.63. The van der Waals surface area contributed by atoms with Gasteiger partial charge < -0.3 is 10.1 Å². The number of amides is 1. The molecule has 0 saturated carbocycles. The summed E-state index contributed by atoms with van der Waals surface area (Å²) in [5.74, 6) is 0.764. The molecule has 3 nitrogen and oxygen atoms in total. The van der Waals surface area contributed by atoms with Gasteiger partial charge in [0.1, 0.15) is 0 Å². The number of fused-ring (bicyclic) bond motifs is 1. The minimum Gasteiger partial charge on any atom is -0.381 e. The number of rotatable bonds is 3. The third-order valence-corrected chi connectivity index (χ3v) is 5.46. The highest BCUT2D eigenvalue weighted by Gasteiger charge is 2.34. The smallest absolute Gasteiger partial charge is 0.223 e. The molecule has 22 heavy (non-hydrogen) atoms. The Morgan fingerprint density at radius 3 is 2.68 bits per heavy atom. The maximum Gasteiger partial charge on any atom is 0.223 e. The Bertz CT molecular complexity index is 536. The van der Waals surface area contributed by atoms with Gasteiger partial charge in [-0.1, -0.05) is 31.2 Å². The number of ether oxygens (including phenoxy) is 1. The van der Waals surface area contributed by atoms with Crippen molar-refractivity contribution >= 4 is 5.91 Å². The summed E-state index contributed by atoms with van der Waals surface area (Å²) >= 11 is 0. The van der Waals surface area contributed by atoms with Crippen molar-refractivity contribution < 1.29 is 9.53 Å². The van der Waals surface area contributed by atoms with Crippen molar-refractivity contribution in [3.05, 3.63) is 35.4 Å². The molecular weight excluding hydrogens is 274 g/mol. The maximum atomic E-state index is 12.7. The average Bonchev–Trinajstić information content (AvgIpc) is 2.54. The van der Waals surface area contributed by atoms with E-state index in [0.29, 0.717) is 5.92 Å². The van der Waals surface area contributed by atoms with Crippen molar-refractivity contribution in [3.63, 3.8) is 0 Å². The largest absolute Gasteiger partial charge is 0.381 e. The topological polar surface area (TPSA) is 38.3 Å². The molecule has 1 aromatic rings. The van der Waals surface area contributed by atoms with Crippen molar-refractivity contribution in [2.45, 2.75) is 51.5 Å². The lowest BCUT2D eigenvalue weighted by Crippen LogP contribution is -2.52. The Hall–Kier alpha value is -1.35. The molecule has 0 radical (unpaired) electrons. The first kappa shape index (κ1) is 15.5. The van der Waals surface area contributed by atoms with Gasteiger partial charge in [-0.2, -0.15) is 0 Å². The number of hydrogen-bond donors (Lipinski definition) is 1. The molecule has 0 unspecified atom stereocenters. The Morgan fingerprint density at radius 2 is 1.95 bits per heavy atom. The molecule has 3 heteroatoms. The van der Waals surface area contributed by atoms with Crippen LogP contribution in [-0.4, -0.2) is 24.7 Å². The van der Waals surface area contributed by atoms with Gasteiger partial charge in [0.05, 0.1) is 0 Å². The molecule has 2 atom stereocenters. The van der Waals surface area contributed by atoms with Crippen LogP contribution in [0.25, 0.3) is 0 Å².